The van der Waals surface area contributed by atoms with Gasteiger partial charge in [-0.2, -0.15) is 13.2 Å². The first-order chi connectivity index (χ1) is 18.4. The van der Waals surface area contributed by atoms with Gasteiger partial charge in [-0.15, -0.1) is 0 Å². The zero-order valence-electron chi connectivity index (χ0n) is 20.1. The van der Waals surface area contributed by atoms with E-state index in [1.165, 1.54) is 37.3 Å². The van der Waals surface area contributed by atoms with Crippen molar-refractivity contribution in [3.8, 4) is 17.0 Å². The van der Waals surface area contributed by atoms with Gasteiger partial charge < -0.3 is 4.74 Å². The molecule has 1 aliphatic heterocycles. The minimum atomic E-state index is -4.61. The average molecular weight is 563 g/mol. The number of pyridine rings is 1. The number of hydrogen-bond acceptors (Lipinski definition) is 6. The van der Waals surface area contributed by atoms with E-state index in [0.717, 1.165) is 30.6 Å². The number of ether oxygens (including phenoxy) is 1. The van der Waals surface area contributed by atoms with Crippen LogP contribution in [0.5, 0.6) is 5.75 Å². The van der Waals surface area contributed by atoms with Gasteiger partial charge in [-0.3, -0.25) is 4.98 Å². The van der Waals surface area contributed by atoms with E-state index in [0.29, 0.717) is 17.5 Å². The largest absolute Gasteiger partial charge is 0.493 e. The first-order valence-electron chi connectivity index (χ1n) is 11.5. The van der Waals surface area contributed by atoms with Gasteiger partial charge in [0.25, 0.3) is 10.0 Å². The highest BCUT2D eigenvalue weighted by Gasteiger charge is 2.33. The summed E-state index contributed by atoms with van der Waals surface area (Å²) in [6, 6.07) is 9.90. The molecule has 0 aliphatic carbocycles. The van der Waals surface area contributed by atoms with Gasteiger partial charge in [-0.1, -0.05) is 12.1 Å². The second-order valence-corrected chi connectivity index (χ2v) is 10.5. The molecule has 4 aromatic rings. The molecule has 0 radical (unpaired) electrons. The number of aromatic nitrogens is 3. The Morgan fingerprint density at radius 3 is 2.38 bits per heavy atom. The fraction of sp³-hybridized carbons (Fsp3) is 0.192. The monoisotopic (exact) mass is 562 g/mol. The lowest BCUT2D eigenvalue weighted by molar-refractivity contribution is -0.137. The van der Waals surface area contributed by atoms with E-state index in [4.69, 9.17) is 4.74 Å². The van der Waals surface area contributed by atoms with Gasteiger partial charge in [-0.05, 0) is 49.2 Å². The number of nitrogens with zero attached hydrogens (tertiary/aromatic N) is 3. The zero-order chi connectivity index (χ0) is 27.9. The molecule has 39 heavy (non-hydrogen) atoms. The number of benzene rings is 2. The third kappa shape index (κ3) is 5.39. The summed E-state index contributed by atoms with van der Waals surface area (Å²) in [5, 5.41) is 0. The first kappa shape index (κ1) is 26.5. The second kappa shape index (κ2) is 9.88. The van der Waals surface area contributed by atoms with Gasteiger partial charge in [-0.25, -0.2) is 31.9 Å². The van der Waals surface area contributed by atoms with Crippen LogP contribution < -0.4 is 9.46 Å². The molecular weight excluding hydrogens is 543 g/mol. The second-order valence-electron chi connectivity index (χ2n) is 8.78. The summed E-state index contributed by atoms with van der Waals surface area (Å²) >= 11 is 0. The summed E-state index contributed by atoms with van der Waals surface area (Å²) in [5.74, 6) is -1.90. The molecule has 202 valence electrons. The van der Waals surface area contributed by atoms with Crippen LogP contribution in [-0.4, -0.2) is 30.0 Å². The summed E-state index contributed by atoms with van der Waals surface area (Å²) in [6.45, 7) is 1.58. The summed E-state index contributed by atoms with van der Waals surface area (Å²) in [6.07, 6.45) is -2.60. The van der Waals surface area contributed by atoms with E-state index in [1.807, 2.05) is 0 Å². The maximum Gasteiger partial charge on any atom is 0.416 e. The molecule has 0 bridgehead atoms. The number of nitrogens with one attached hydrogen (secondary N) is 1. The number of halogens is 5. The molecule has 1 N–H and O–H groups in total. The minimum Gasteiger partial charge on any atom is -0.493 e. The highest BCUT2D eigenvalue weighted by atomic mass is 32.2. The lowest BCUT2D eigenvalue weighted by Gasteiger charge is -2.28. The fourth-order valence-electron chi connectivity index (χ4n) is 4.36. The first-order valence-corrected chi connectivity index (χ1v) is 13.0. The molecule has 5 rings (SSSR count). The highest BCUT2D eigenvalue weighted by molar-refractivity contribution is 7.92. The number of fused-ring (bicyclic) bond motifs is 1. The molecule has 1 aliphatic rings. The van der Waals surface area contributed by atoms with Gasteiger partial charge in [0.15, 0.2) is 5.82 Å². The number of sulfonamides is 1. The molecule has 0 saturated heterocycles. The van der Waals surface area contributed by atoms with Gasteiger partial charge in [0.1, 0.15) is 11.6 Å². The Morgan fingerprint density at radius 2 is 1.69 bits per heavy atom. The van der Waals surface area contributed by atoms with Crippen molar-refractivity contribution in [2.75, 3.05) is 11.3 Å². The highest BCUT2D eigenvalue weighted by Crippen LogP contribution is 2.44. The molecular formula is C26H19F5N4O3S. The van der Waals surface area contributed by atoms with E-state index in [2.05, 4.69) is 19.7 Å². The van der Waals surface area contributed by atoms with Crippen molar-refractivity contribution in [2.24, 2.45) is 0 Å². The maximum absolute atomic E-state index is 13.9. The van der Waals surface area contributed by atoms with E-state index >= 15 is 0 Å². The van der Waals surface area contributed by atoms with E-state index < -0.39 is 39.3 Å². The van der Waals surface area contributed by atoms with Crippen molar-refractivity contribution in [1.29, 1.82) is 0 Å². The molecule has 0 saturated carbocycles. The molecule has 1 atom stereocenters. The van der Waals surface area contributed by atoms with Crippen LogP contribution in [0.1, 0.15) is 34.7 Å². The lowest BCUT2D eigenvalue weighted by atomic mass is 9.82. The van der Waals surface area contributed by atoms with E-state index in [-0.39, 0.29) is 40.2 Å². The SMILES string of the molecule is Cc1nc(-c2cc(C(F)(F)F)ccc2[C@H]2CCOc3cc(S(=O)(=O)Nc4ncc(F)cn4)ccc32)ccc1F. The molecule has 3 heterocycles. The molecule has 0 fully saturated rings. The summed E-state index contributed by atoms with van der Waals surface area (Å²) in [7, 11) is -4.17. The quantitative estimate of drug-likeness (QED) is 0.307. The lowest BCUT2D eigenvalue weighted by Crippen LogP contribution is -2.19. The Labute approximate surface area is 219 Å². The number of hydrogen-bond donors (Lipinski definition) is 1. The molecule has 2 aromatic carbocycles. The van der Waals surface area contributed by atoms with Crippen LogP contribution in [0, 0.1) is 18.6 Å². The van der Waals surface area contributed by atoms with Crippen LogP contribution in [0.25, 0.3) is 11.3 Å². The average Bonchev–Trinajstić information content (AvgIpc) is 2.90. The molecule has 0 spiro atoms. The van der Waals surface area contributed by atoms with Crippen LogP contribution in [-0.2, 0) is 16.2 Å². The summed E-state index contributed by atoms with van der Waals surface area (Å²) in [5.41, 5.74) is 0.560. The van der Waals surface area contributed by atoms with Gasteiger partial charge >= 0.3 is 6.18 Å². The topological polar surface area (TPSA) is 94.1 Å². The third-order valence-corrected chi connectivity index (χ3v) is 7.56. The van der Waals surface area contributed by atoms with Crippen LogP contribution in [0.15, 0.2) is 65.8 Å². The standard InChI is InChI=1S/C26H19F5N4O3S/c1-14-22(28)6-7-23(34-14)21-10-15(26(29,30)31)2-4-18(21)19-8-9-38-24-11-17(3-5-20(19)24)39(36,37)35-25-32-12-16(27)13-33-25/h2-7,10-13,19H,8-9H2,1H3,(H,32,33,35)/t19-/m1/s1. The van der Waals surface area contributed by atoms with E-state index in [1.54, 1.807) is 0 Å². The minimum absolute atomic E-state index is 0.0377. The van der Waals surface area contributed by atoms with Crippen molar-refractivity contribution in [3.05, 3.63) is 94.9 Å². The Bertz CT molecular complexity index is 1660. The zero-order valence-corrected chi connectivity index (χ0v) is 20.9. The summed E-state index contributed by atoms with van der Waals surface area (Å²) < 4.78 is 101. The van der Waals surface area contributed by atoms with Gasteiger partial charge in [0.2, 0.25) is 5.95 Å². The molecule has 7 nitrogen and oxygen atoms in total. The summed E-state index contributed by atoms with van der Waals surface area (Å²) in [4.78, 5) is 11.2. The molecule has 0 unspecified atom stereocenters. The van der Waals surface area contributed by atoms with Crippen molar-refractivity contribution >= 4 is 16.0 Å². The van der Waals surface area contributed by atoms with Crippen LogP contribution in [0.4, 0.5) is 27.9 Å². The van der Waals surface area contributed by atoms with Crippen molar-refractivity contribution < 1.29 is 35.1 Å². The molecule has 13 heteroatoms. The normalized spacial score (nSPS) is 15.4. The smallest absolute Gasteiger partial charge is 0.416 e. The third-order valence-electron chi connectivity index (χ3n) is 6.23. The number of alkyl halides is 3. The number of rotatable bonds is 5. The predicted molar refractivity (Wildman–Crippen MR) is 131 cm³/mol. The van der Waals surface area contributed by atoms with Crippen molar-refractivity contribution in [3.63, 3.8) is 0 Å². The van der Waals surface area contributed by atoms with Crippen molar-refractivity contribution in [2.45, 2.75) is 30.3 Å². The van der Waals surface area contributed by atoms with Crippen molar-refractivity contribution in [1.82, 2.24) is 15.0 Å². The van der Waals surface area contributed by atoms with Crippen LogP contribution >= 0.6 is 0 Å². The Morgan fingerprint density at radius 1 is 0.974 bits per heavy atom. The van der Waals surface area contributed by atoms with Gasteiger partial charge in [0, 0.05) is 23.1 Å². The maximum atomic E-state index is 13.9. The van der Waals surface area contributed by atoms with Crippen LogP contribution in [0.3, 0.4) is 0 Å². The molecule has 2 aromatic heterocycles. The molecule has 0 amide bonds. The fourth-order valence-corrected chi connectivity index (χ4v) is 5.33. The Balaban J connectivity index is 1.56. The van der Waals surface area contributed by atoms with Gasteiger partial charge in [0.05, 0.1) is 40.8 Å². The Hall–Kier alpha value is -4.13. The Kier molecular flexibility index (Phi) is 6.70. The van der Waals surface area contributed by atoms with Crippen LogP contribution in [0.2, 0.25) is 0 Å². The van der Waals surface area contributed by atoms with E-state index in [9.17, 15) is 30.4 Å². The number of aryl methyl sites for hydroxylation is 1. The predicted octanol–water partition coefficient (Wildman–Crippen LogP) is 5.86. The number of anilines is 1.